The Labute approximate surface area is 162 Å². The summed E-state index contributed by atoms with van der Waals surface area (Å²) in [5.41, 5.74) is 2.69. The van der Waals surface area contributed by atoms with Gasteiger partial charge in [0.15, 0.2) is 0 Å². The molecule has 144 valence electrons. The van der Waals surface area contributed by atoms with Gasteiger partial charge in [-0.3, -0.25) is 4.90 Å². The Morgan fingerprint density at radius 2 is 2.07 bits per heavy atom. The molecule has 1 unspecified atom stereocenters. The number of halogens is 1. The number of urea groups is 1. The molecule has 0 bridgehead atoms. The highest BCUT2D eigenvalue weighted by atomic mass is 19.1. The van der Waals surface area contributed by atoms with E-state index in [-0.39, 0.29) is 18.5 Å². The maximum atomic E-state index is 13.0. The normalized spacial score (nSPS) is 14.3. The summed E-state index contributed by atoms with van der Waals surface area (Å²) in [6.45, 7) is 2.94. The predicted octanol–water partition coefficient (Wildman–Crippen LogP) is 3.20. The molecule has 0 aromatic heterocycles. The minimum Gasteiger partial charge on any atom is -0.461 e. The van der Waals surface area contributed by atoms with E-state index in [1.54, 1.807) is 35.2 Å². The number of anilines is 1. The fourth-order valence-corrected chi connectivity index (χ4v) is 3.09. The van der Waals surface area contributed by atoms with Crippen LogP contribution in [0.15, 0.2) is 42.5 Å². The second-order valence-corrected chi connectivity index (χ2v) is 6.64. The molecule has 2 amide bonds. The van der Waals surface area contributed by atoms with Gasteiger partial charge in [-0.15, -0.1) is 0 Å². The summed E-state index contributed by atoms with van der Waals surface area (Å²) in [5.74, 6) is -1.39. The third kappa shape index (κ3) is 4.46. The minimum absolute atomic E-state index is 0.0535. The lowest BCUT2D eigenvalue weighted by Gasteiger charge is -2.17. The Morgan fingerprint density at radius 3 is 2.68 bits per heavy atom. The number of amides is 2. The molecule has 1 saturated heterocycles. The van der Waals surface area contributed by atoms with E-state index >= 15 is 0 Å². The van der Waals surface area contributed by atoms with Gasteiger partial charge in [-0.05, 0) is 54.8 Å². The number of rotatable bonds is 6. The van der Waals surface area contributed by atoms with Crippen LogP contribution in [0.25, 0.3) is 0 Å². The van der Waals surface area contributed by atoms with E-state index in [1.165, 1.54) is 12.1 Å². The van der Waals surface area contributed by atoms with Gasteiger partial charge in [-0.2, -0.15) is 5.26 Å². The number of ether oxygens (including phenoxy) is 1. The smallest absolute Gasteiger partial charge is 0.338 e. The molecular formula is C21H20FN3O3. The molecule has 3 rings (SSSR count). The standard InChI is InChI=1S/C21H20FN3O3/c1-14-10-17(4-7-19(14)25-9-8-24-21(25)27)20(26)28-13-16(12-23)11-15-2-5-18(22)6-3-15/h2-7,10,16H,8-9,11,13H2,1H3,(H,24,27). The summed E-state index contributed by atoms with van der Waals surface area (Å²) in [7, 11) is 0. The molecule has 0 aliphatic carbocycles. The first-order valence-electron chi connectivity index (χ1n) is 8.95. The van der Waals surface area contributed by atoms with Gasteiger partial charge < -0.3 is 10.1 Å². The van der Waals surface area contributed by atoms with Gasteiger partial charge >= 0.3 is 12.0 Å². The highest BCUT2D eigenvalue weighted by molar-refractivity contribution is 5.96. The first kappa shape index (κ1) is 19.4. The summed E-state index contributed by atoms with van der Waals surface area (Å²) in [6.07, 6.45) is 0.367. The minimum atomic E-state index is -0.528. The summed E-state index contributed by atoms with van der Waals surface area (Å²) >= 11 is 0. The number of hydrogen-bond donors (Lipinski definition) is 1. The number of esters is 1. The van der Waals surface area contributed by atoms with Crippen LogP contribution < -0.4 is 10.2 Å². The van der Waals surface area contributed by atoms with E-state index in [2.05, 4.69) is 11.4 Å². The summed E-state index contributed by atoms with van der Waals surface area (Å²) in [5, 5.41) is 12.0. The van der Waals surface area contributed by atoms with Crippen LogP contribution in [0.3, 0.4) is 0 Å². The van der Waals surface area contributed by atoms with E-state index in [0.717, 1.165) is 16.8 Å². The van der Waals surface area contributed by atoms with Crippen molar-refractivity contribution in [1.29, 1.82) is 5.26 Å². The topological polar surface area (TPSA) is 82.4 Å². The van der Waals surface area contributed by atoms with Crippen molar-refractivity contribution in [3.05, 3.63) is 65.0 Å². The Morgan fingerprint density at radius 1 is 1.32 bits per heavy atom. The molecule has 7 heteroatoms. The summed E-state index contributed by atoms with van der Waals surface area (Å²) in [6, 6.07) is 12.8. The molecule has 0 radical (unpaired) electrons. The molecule has 2 aromatic rings. The lowest BCUT2D eigenvalue weighted by atomic mass is 10.0. The Hall–Kier alpha value is -3.40. The average Bonchev–Trinajstić information content (AvgIpc) is 3.12. The SMILES string of the molecule is Cc1cc(C(=O)OCC(C#N)Cc2ccc(F)cc2)ccc1N1CCNC1=O. The van der Waals surface area contributed by atoms with E-state index in [0.29, 0.717) is 25.1 Å². The molecule has 1 aliphatic rings. The second kappa shape index (κ2) is 8.53. The van der Waals surface area contributed by atoms with Crippen molar-refractivity contribution >= 4 is 17.7 Å². The van der Waals surface area contributed by atoms with Crippen molar-refractivity contribution in [2.75, 3.05) is 24.6 Å². The number of nitrogens with zero attached hydrogens (tertiary/aromatic N) is 2. The Bertz CT molecular complexity index is 921. The number of aryl methyl sites for hydroxylation is 1. The third-order valence-corrected chi connectivity index (χ3v) is 4.57. The van der Waals surface area contributed by atoms with Crippen molar-refractivity contribution in [2.45, 2.75) is 13.3 Å². The third-order valence-electron chi connectivity index (χ3n) is 4.57. The van der Waals surface area contributed by atoms with E-state index < -0.39 is 11.9 Å². The fraction of sp³-hybridized carbons (Fsp3) is 0.286. The number of nitrogens with one attached hydrogen (secondary N) is 1. The van der Waals surface area contributed by atoms with Gasteiger partial charge in [0.05, 0.1) is 17.6 Å². The zero-order valence-corrected chi connectivity index (χ0v) is 15.4. The largest absolute Gasteiger partial charge is 0.461 e. The highest BCUT2D eigenvalue weighted by Crippen LogP contribution is 2.23. The number of nitriles is 1. The van der Waals surface area contributed by atoms with E-state index in [4.69, 9.17) is 4.74 Å². The van der Waals surface area contributed by atoms with Gasteiger partial charge in [0.25, 0.3) is 0 Å². The van der Waals surface area contributed by atoms with Crippen LogP contribution in [0.1, 0.15) is 21.5 Å². The van der Waals surface area contributed by atoms with Crippen LogP contribution in [0.4, 0.5) is 14.9 Å². The molecule has 1 heterocycles. The number of carbonyl (C=O) groups excluding carboxylic acids is 2. The van der Waals surface area contributed by atoms with Crippen LogP contribution in [-0.4, -0.2) is 31.7 Å². The zero-order valence-electron chi connectivity index (χ0n) is 15.4. The van der Waals surface area contributed by atoms with Gasteiger partial charge in [-0.1, -0.05) is 12.1 Å². The maximum Gasteiger partial charge on any atom is 0.338 e. The molecule has 0 spiro atoms. The van der Waals surface area contributed by atoms with Crippen LogP contribution in [0.2, 0.25) is 0 Å². The molecule has 1 aliphatic heterocycles. The number of carbonyl (C=O) groups is 2. The van der Waals surface area contributed by atoms with Gasteiger partial charge in [-0.25, -0.2) is 14.0 Å². The molecule has 1 fully saturated rings. The van der Waals surface area contributed by atoms with Crippen molar-refractivity contribution in [3.8, 4) is 6.07 Å². The quantitative estimate of drug-likeness (QED) is 0.779. The molecule has 6 nitrogen and oxygen atoms in total. The van der Waals surface area contributed by atoms with E-state index in [1.807, 2.05) is 6.92 Å². The Kier molecular flexibility index (Phi) is 5.90. The molecular weight excluding hydrogens is 361 g/mol. The van der Waals surface area contributed by atoms with Crippen molar-refractivity contribution < 1.29 is 18.7 Å². The van der Waals surface area contributed by atoms with Crippen molar-refractivity contribution in [1.82, 2.24) is 5.32 Å². The summed E-state index contributed by atoms with van der Waals surface area (Å²) in [4.78, 5) is 25.8. The molecule has 28 heavy (non-hydrogen) atoms. The highest BCUT2D eigenvalue weighted by Gasteiger charge is 2.23. The van der Waals surface area contributed by atoms with Crippen LogP contribution >= 0.6 is 0 Å². The molecule has 1 N–H and O–H groups in total. The predicted molar refractivity (Wildman–Crippen MR) is 101 cm³/mol. The zero-order chi connectivity index (χ0) is 20.1. The molecule has 0 saturated carbocycles. The van der Waals surface area contributed by atoms with Crippen molar-refractivity contribution in [2.24, 2.45) is 5.92 Å². The van der Waals surface area contributed by atoms with Gasteiger partial charge in [0.2, 0.25) is 0 Å². The number of hydrogen-bond acceptors (Lipinski definition) is 4. The van der Waals surface area contributed by atoms with Crippen LogP contribution in [-0.2, 0) is 11.2 Å². The van der Waals surface area contributed by atoms with Gasteiger partial charge in [0.1, 0.15) is 12.4 Å². The van der Waals surface area contributed by atoms with E-state index in [9.17, 15) is 19.2 Å². The lowest BCUT2D eigenvalue weighted by molar-refractivity contribution is 0.0468. The second-order valence-electron chi connectivity index (χ2n) is 6.64. The van der Waals surface area contributed by atoms with Gasteiger partial charge in [0, 0.05) is 18.8 Å². The average molecular weight is 381 g/mol. The first-order chi connectivity index (χ1) is 13.5. The Balaban J connectivity index is 1.60. The van der Waals surface area contributed by atoms with Crippen LogP contribution in [0.5, 0.6) is 0 Å². The fourth-order valence-electron chi connectivity index (χ4n) is 3.09. The lowest BCUT2D eigenvalue weighted by Crippen LogP contribution is -2.28. The first-order valence-corrected chi connectivity index (χ1v) is 8.95. The maximum absolute atomic E-state index is 13.0. The molecule has 1 atom stereocenters. The summed E-state index contributed by atoms with van der Waals surface area (Å²) < 4.78 is 18.3. The molecule has 2 aromatic carbocycles. The van der Waals surface area contributed by atoms with Crippen LogP contribution in [0, 0.1) is 30.0 Å². The monoisotopic (exact) mass is 381 g/mol. The number of benzene rings is 2. The van der Waals surface area contributed by atoms with Crippen molar-refractivity contribution in [3.63, 3.8) is 0 Å².